The van der Waals surface area contributed by atoms with Gasteiger partial charge in [0, 0.05) is 80.2 Å². The summed E-state index contributed by atoms with van der Waals surface area (Å²) in [5.41, 5.74) is 8.86. The number of ether oxygens (including phenoxy) is 1. The number of nitrogens with one attached hydrogen (secondary N) is 4. The van der Waals surface area contributed by atoms with Gasteiger partial charge in [-0.15, -0.1) is 5.53 Å². The lowest BCUT2D eigenvalue weighted by Crippen LogP contribution is -2.52. The summed E-state index contributed by atoms with van der Waals surface area (Å²) in [7, 11) is 3.39. The summed E-state index contributed by atoms with van der Waals surface area (Å²) in [6, 6.07) is 5.65. The number of carbonyl (C=O) groups is 2. The van der Waals surface area contributed by atoms with Crippen molar-refractivity contribution in [1.29, 1.82) is 0 Å². The van der Waals surface area contributed by atoms with Crippen LogP contribution in [0.5, 0.6) is 0 Å². The molecule has 5 rings (SSSR count). The van der Waals surface area contributed by atoms with Crippen molar-refractivity contribution in [2.45, 2.75) is 45.8 Å². The lowest BCUT2D eigenvalue weighted by Gasteiger charge is -2.43. The molecule has 1 aromatic carbocycles. The number of hydrogen-bond donors (Lipinski definition) is 4. The quantitative estimate of drug-likeness (QED) is 0.259. The predicted octanol–water partition coefficient (Wildman–Crippen LogP) is 5.20. The number of hydrogen-bond acceptors (Lipinski definition) is 11. The zero-order valence-corrected chi connectivity index (χ0v) is 29.7. The Kier molecular flexibility index (Phi) is 11.9. The predicted molar refractivity (Wildman–Crippen MR) is 189 cm³/mol. The summed E-state index contributed by atoms with van der Waals surface area (Å²) in [5.74, 6) is -0.405. The molecule has 4 N–H and O–H groups in total. The highest BCUT2D eigenvalue weighted by Gasteiger charge is 2.32. The number of alkyl halides is 3. The number of likely N-dealkylation sites (tertiary alicyclic amines) is 1. The minimum absolute atomic E-state index is 0.362. The van der Waals surface area contributed by atoms with Crippen molar-refractivity contribution in [1.82, 2.24) is 36.0 Å². The molecule has 0 aliphatic carbocycles. The van der Waals surface area contributed by atoms with E-state index in [1.165, 1.54) is 24.5 Å². The number of piperidine rings is 1. The first-order valence-corrected chi connectivity index (χ1v) is 17.2. The molecule has 270 valence electrons. The third kappa shape index (κ3) is 9.24. The van der Waals surface area contributed by atoms with Crippen molar-refractivity contribution in [3.8, 4) is 0 Å². The Morgan fingerprint density at radius 1 is 1.10 bits per heavy atom. The maximum Gasteiger partial charge on any atom is 0.413 e. The third-order valence-electron chi connectivity index (χ3n) is 9.03. The van der Waals surface area contributed by atoms with Crippen molar-refractivity contribution < 1.29 is 27.5 Å². The number of thiazole rings is 1. The van der Waals surface area contributed by atoms with Crippen LogP contribution in [0.4, 0.5) is 28.8 Å². The maximum atomic E-state index is 13.7. The number of aromatic nitrogens is 1. The van der Waals surface area contributed by atoms with E-state index in [9.17, 15) is 22.8 Å². The first-order valence-electron chi connectivity index (χ1n) is 16.4. The molecule has 0 atom stereocenters. The molecule has 0 saturated carbocycles. The number of nitrogens with zero attached hydrogens (tertiary/aromatic N) is 5. The first kappa shape index (κ1) is 36.9. The summed E-state index contributed by atoms with van der Waals surface area (Å²) in [6.45, 7) is 9.98. The Balaban J connectivity index is 1.30. The number of benzene rings is 1. The van der Waals surface area contributed by atoms with Gasteiger partial charge in [0.25, 0.3) is 5.91 Å². The number of allylic oxidation sites excluding steroid dienone is 4. The SMILES string of the molecule is C\C=C(/C=C(\C=C(/C)C(F)(F)F)N1CCC(N2CCN(C)CC2)CC1)NC(=O)c1ccc(C)c(N2C=C(c3cnc(NC(=O)OC)s3)NN2)c1. The Morgan fingerprint density at radius 3 is 2.48 bits per heavy atom. The minimum atomic E-state index is -4.47. The van der Waals surface area contributed by atoms with E-state index in [0.29, 0.717) is 52.6 Å². The van der Waals surface area contributed by atoms with E-state index in [0.717, 1.165) is 56.4 Å². The van der Waals surface area contributed by atoms with Crippen LogP contribution in [0.2, 0.25) is 0 Å². The molecule has 2 aromatic rings. The maximum absolute atomic E-state index is 13.7. The molecule has 50 heavy (non-hydrogen) atoms. The smallest absolute Gasteiger partial charge is 0.413 e. The monoisotopic (exact) mass is 715 g/mol. The number of halogens is 3. The van der Waals surface area contributed by atoms with E-state index in [1.54, 1.807) is 48.6 Å². The van der Waals surface area contributed by atoms with Crippen LogP contribution in [-0.4, -0.2) is 97.3 Å². The van der Waals surface area contributed by atoms with Crippen molar-refractivity contribution >= 4 is 39.9 Å². The molecule has 2 fully saturated rings. The van der Waals surface area contributed by atoms with Gasteiger partial charge >= 0.3 is 12.3 Å². The average molecular weight is 716 g/mol. The topological polar surface area (TPSA) is 117 Å². The molecule has 0 spiro atoms. The van der Waals surface area contributed by atoms with Crippen LogP contribution < -0.4 is 26.6 Å². The number of amides is 2. The van der Waals surface area contributed by atoms with E-state index in [-0.39, 0.29) is 0 Å². The van der Waals surface area contributed by atoms with Crippen LogP contribution in [0.25, 0.3) is 5.70 Å². The minimum Gasteiger partial charge on any atom is -0.453 e. The number of rotatable bonds is 9. The van der Waals surface area contributed by atoms with E-state index < -0.39 is 23.7 Å². The third-order valence-corrected chi connectivity index (χ3v) is 9.98. The standard InChI is InChI=1S/C34H44F3N9O3S/c1-6-25(19-27(17-23(3)34(35,36)37)44-11-9-26(10-12-44)45-15-13-43(4)14-16-45)39-31(47)24-8-7-22(2)29(18-24)46-21-28(41-42-46)30-20-38-32(50-30)40-33(48)49-5/h6-8,17-21,26,41-42H,9-16H2,1-5H3,(H,39,47)(H,38,40,48)/b23-17+,25-6+,27-19+. The van der Waals surface area contributed by atoms with E-state index in [2.05, 4.69) is 48.2 Å². The van der Waals surface area contributed by atoms with Gasteiger partial charge in [-0.3, -0.25) is 20.0 Å². The molecule has 2 amide bonds. The fraction of sp³-hybridized carbons (Fsp3) is 0.441. The lowest BCUT2D eigenvalue weighted by atomic mass is 10.0. The van der Waals surface area contributed by atoms with E-state index in [1.807, 2.05) is 17.9 Å². The van der Waals surface area contributed by atoms with Crippen molar-refractivity contribution in [2.24, 2.45) is 0 Å². The molecule has 1 aromatic heterocycles. The average Bonchev–Trinajstić information content (AvgIpc) is 3.78. The van der Waals surface area contributed by atoms with E-state index >= 15 is 0 Å². The molecular weight excluding hydrogens is 671 g/mol. The number of anilines is 2. The highest BCUT2D eigenvalue weighted by molar-refractivity contribution is 7.16. The van der Waals surface area contributed by atoms with Crippen molar-refractivity contribution in [2.75, 3.05) is 63.8 Å². The van der Waals surface area contributed by atoms with Crippen LogP contribution in [0.15, 0.2) is 65.8 Å². The number of piperazine rings is 1. The van der Waals surface area contributed by atoms with Gasteiger partial charge in [-0.25, -0.2) is 9.78 Å². The number of hydrazine groups is 2. The van der Waals surface area contributed by atoms with Gasteiger partial charge in [0.15, 0.2) is 5.13 Å². The zero-order valence-electron chi connectivity index (χ0n) is 28.9. The van der Waals surface area contributed by atoms with Crippen LogP contribution in [-0.2, 0) is 4.74 Å². The molecule has 0 unspecified atom stereocenters. The molecule has 16 heteroatoms. The summed E-state index contributed by atoms with van der Waals surface area (Å²) >= 11 is 1.25. The van der Waals surface area contributed by atoms with Crippen LogP contribution >= 0.6 is 11.3 Å². The van der Waals surface area contributed by atoms with Crippen LogP contribution in [0, 0.1) is 6.92 Å². The van der Waals surface area contributed by atoms with Gasteiger partial charge in [0.1, 0.15) is 0 Å². The Morgan fingerprint density at radius 2 is 1.82 bits per heavy atom. The number of carbonyl (C=O) groups excluding carboxylic acids is 2. The summed E-state index contributed by atoms with van der Waals surface area (Å²) in [5, 5.41) is 7.53. The molecule has 3 aliphatic heterocycles. The zero-order chi connectivity index (χ0) is 36.0. The second kappa shape index (κ2) is 16.1. The second-order valence-electron chi connectivity index (χ2n) is 12.4. The number of aryl methyl sites for hydroxylation is 1. The van der Waals surface area contributed by atoms with Gasteiger partial charge in [0.05, 0.1) is 23.4 Å². The molecule has 0 radical (unpaired) electrons. The summed E-state index contributed by atoms with van der Waals surface area (Å²) < 4.78 is 45.7. The molecule has 12 nitrogen and oxygen atoms in total. The Bertz CT molecular complexity index is 1670. The van der Waals surface area contributed by atoms with Gasteiger partial charge in [-0.2, -0.15) is 13.2 Å². The highest BCUT2D eigenvalue weighted by Crippen LogP contribution is 2.31. The summed E-state index contributed by atoms with van der Waals surface area (Å²) in [6.07, 6.45) is 4.51. The fourth-order valence-corrected chi connectivity index (χ4v) is 6.70. The number of likely N-dealkylation sites (N-methyl/N-ethyl adjacent to an activating group) is 1. The van der Waals surface area contributed by atoms with Gasteiger partial charge < -0.3 is 25.3 Å². The molecular formula is C34H44F3N9O3S. The molecule has 4 heterocycles. The first-order chi connectivity index (χ1) is 23.8. The fourth-order valence-electron chi connectivity index (χ4n) is 5.93. The Labute approximate surface area is 294 Å². The second-order valence-corrected chi connectivity index (χ2v) is 13.5. The molecule has 2 saturated heterocycles. The van der Waals surface area contributed by atoms with Crippen LogP contribution in [0.1, 0.15) is 47.5 Å². The summed E-state index contributed by atoms with van der Waals surface area (Å²) in [4.78, 5) is 36.8. The van der Waals surface area contributed by atoms with Gasteiger partial charge in [0.2, 0.25) is 0 Å². The van der Waals surface area contributed by atoms with Crippen molar-refractivity contribution in [3.63, 3.8) is 0 Å². The van der Waals surface area contributed by atoms with E-state index in [4.69, 9.17) is 0 Å². The van der Waals surface area contributed by atoms with Gasteiger partial charge in [-0.1, -0.05) is 23.5 Å². The number of methoxy groups -OCH3 is 1. The molecule has 0 bridgehead atoms. The highest BCUT2D eigenvalue weighted by atomic mass is 32.1. The largest absolute Gasteiger partial charge is 0.453 e. The van der Waals surface area contributed by atoms with Gasteiger partial charge in [-0.05, 0) is 70.5 Å². The van der Waals surface area contributed by atoms with Crippen molar-refractivity contribution in [3.05, 3.63) is 81.8 Å². The normalized spacial score (nSPS) is 19.0. The lowest BCUT2D eigenvalue weighted by molar-refractivity contribution is -0.0914. The van der Waals surface area contributed by atoms with Crippen LogP contribution in [0.3, 0.4) is 0 Å². The Hall–Kier alpha value is -4.38. The molecule has 3 aliphatic rings.